The highest BCUT2D eigenvalue weighted by Crippen LogP contribution is 2.36. The highest BCUT2D eigenvalue weighted by molar-refractivity contribution is 6.35. The van der Waals surface area contributed by atoms with E-state index in [2.05, 4.69) is 10.6 Å². The third-order valence-electron chi connectivity index (χ3n) is 4.03. The van der Waals surface area contributed by atoms with Crippen LogP contribution >= 0.6 is 23.2 Å². The summed E-state index contributed by atoms with van der Waals surface area (Å²) >= 11 is 12.2. The lowest BCUT2D eigenvalue weighted by molar-refractivity contribution is -0.165. The number of halogens is 2. The minimum Gasteiger partial charge on any atom is -0.444 e. The number of alkyl carbamates (subject to hydrolysis) is 1. The molecule has 3 N–H and O–H groups in total. The lowest BCUT2D eigenvalue weighted by Gasteiger charge is -2.30. The highest BCUT2D eigenvalue weighted by Gasteiger charge is 2.41. The van der Waals surface area contributed by atoms with Gasteiger partial charge in [0.2, 0.25) is 11.7 Å². The van der Waals surface area contributed by atoms with Crippen molar-refractivity contribution in [2.45, 2.75) is 51.2 Å². The Kier molecular flexibility index (Phi) is 7.75. The molecule has 1 aromatic carbocycles. The Bertz CT molecular complexity index is 745. The van der Waals surface area contributed by atoms with Crippen molar-refractivity contribution in [1.82, 2.24) is 10.6 Å². The van der Waals surface area contributed by atoms with Crippen LogP contribution in [0.4, 0.5) is 4.79 Å². The van der Waals surface area contributed by atoms with Crippen molar-refractivity contribution < 1.29 is 28.9 Å². The summed E-state index contributed by atoms with van der Waals surface area (Å²) in [5, 5.41) is 15.7. The van der Waals surface area contributed by atoms with Crippen LogP contribution in [0.15, 0.2) is 18.2 Å². The molecule has 8 nitrogen and oxygen atoms in total. The first-order chi connectivity index (χ1) is 13.4. The molecular weight excluding hydrogens is 423 g/mol. The van der Waals surface area contributed by atoms with Crippen LogP contribution in [0.3, 0.4) is 0 Å². The molecule has 1 fully saturated rings. The molecule has 1 heterocycles. The van der Waals surface area contributed by atoms with E-state index in [1.807, 2.05) is 0 Å². The number of amides is 2. The van der Waals surface area contributed by atoms with E-state index in [1.165, 1.54) is 6.92 Å². The van der Waals surface area contributed by atoms with Gasteiger partial charge in [-0.05, 0) is 39.8 Å². The van der Waals surface area contributed by atoms with E-state index in [0.717, 1.165) is 0 Å². The first-order valence-electron chi connectivity index (χ1n) is 9.12. The highest BCUT2D eigenvalue weighted by atomic mass is 35.5. The van der Waals surface area contributed by atoms with E-state index >= 15 is 0 Å². The predicted octanol–water partition coefficient (Wildman–Crippen LogP) is 2.58. The number of benzene rings is 1. The molecule has 0 spiro atoms. The molecule has 1 aliphatic rings. The maximum absolute atomic E-state index is 12.6. The summed E-state index contributed by atoms with van der Waals surface area (Å²) in [4.78, 5) is 24.6. The van der Waals surface area contributed by atoms with Crippen LogP contribution in [0.2, 0.25) is 10.0 Å². The van der Waals surface area contributed by atoms with Gasteiger partial charge in [-0.25, -0.2) is 4.79 Å². The van der Waals surface area contributed by atoms with Crippen molar-refractivity contribution in [3.05, 3.63) is 33.8 Å². The van der Waals surface area contributed by atoms with Crippen LogP contribution in [0.1, 0.15) is 33.3 Å². The summed E-state index contributed by atoms with van der Waals surface area (Å²) in [6.45, 7) is 6.99. The number of aliphatic hydroxyl groups excluding tert-OH is 1. The Morgan fingerprint density at radius 1 is 1.28 bits per heavy atom. The molecule has 0 saturated carbocycles. The Labute approximate surface area is 179 Å². The van der Waals surface area contributed by atoms with Crippen LogP contribution < -0.4 is 10.6 Å². The van der Waals surface area contributed by atoms with E-state index in [0.29, 0.717) is 28.8 Å². The molecule has 10 heteroatoms. The summed E-state index contributed by atoms with van der Waals surface area (Å²) in [5.74, 6) is -1.93. The molecule has 0 aromatic heterocycles. The number of rotatable bonds is 6. The smallest absolute Gasteiger partial charge is 0.408 e. The van der Waals surface area contributed by atoms with Gasteiger partial charge < -0.3 is 30.0 Å². The fraction of sp³-hybridized carbons (Fsp3) is 0.579. The zero-order valence-electron chi connectivity index (χ0n) is 16.8. The van der Waals surface area contributed by atoms with Gasteiger partial charge in [-0.3, -0.25) is 4.79 Å². The van der Waals surface area contributed by atoms with Crippen LogP contribution in [0.25, 0.3) is 0 Å². The van der Waals surface area contributed by atoms with Crippen molar-refractivity contribution in [3.8, 4) is 0 Å². The average molecular weight is 449 g/mol. The molecule has 2 amide bonds. The summed E-state index contributed by atoms with van der Waals surface area (Å²) < 4.78 is 16.6. The summed E-state index contributed by atoms with van der Waals surface area (Å²) in [6, 6.07) is 3.62. The fourth-order valence-electron chi connectivity index (χ4n) is 2.76. The number of hydrogen-bond donors (Lipinski definition) is 3. The van der Waals surface area contributed by atoms with Crippen molar-refractivity contribution in [1.29, 1.82) is 0 Å². The second-order valence-electron chi connectivity index (χ2n) is 7.66. The molecular formula is C19H26Cl2N2O6. The summed E-state index contributed by atoms with van der Waals surface area (Å²) in [7, 11) is 0. The maximum atomic E-state index is 12.6. The van der Waals surface area contributed by atoms with Gasteiger partial charge in [-0.2, -0.15) is 0 Å². The number of nitrogens with one attached hydrogen (secondary N) is 2. The number of ether oxygens (including phenoxy) is 3. The molecule has 162 valence electrons. The van der Waals surface area contributed by atoms with Gasteiger partial charge in [-0.15, -0.1) is 0 Å². The lowest BCUT2D eigenvalue weighted by Crippen LogP contribution is -2.55. The molecule has 0 bridgehead atoms. The largest absolute Gasteiger partial charge is 0.444 e. The third kappa shape index (κ3) is 6.45. The van der Waals surface area contributed by atoms with Gasteiger partial charge in [0.05, 0.1) is 30.9 Å². The minimum absolute atomic E-state index is 0.0909. The molecule has 0 aliphatic carbocycles. The summed E-state index contributed by atoms with van der Waals surface area (Å²) in [6.07, 6.45) is -1.98. The Balaban J connectivity index is 2.11. The molecule has 0 radical (unpaired) electrons. The standard InChI is InChI=1S/C19H26Cl2N2O6/c1-11(24)15(23-17(26)29-18(2,3)4)16(25)22-10-19(27-7-8-28-19)13-6-5-12(20)9-14(13)21/h5-6,9,11,15,24H,7-8,10H2,1-4H3,(H,22,25)(H,23,26). The second-order valence-corrected chi connectivity index (χ2v) is 8.50. The predicted molar refractivity (Wildman–Crippen MR) is 108 cm³/mol. The SMILES string of the molecule is CC(O)C(NC(=O)OC(C)(C)C)C(=O)NCC1(c2ccc(Cl)cc2Cl)OCCO1. The van der Waals surface area contributed by atoms with Gasteiger partial charge in [-0.1, -0.05) is 29.3 Å². The fourth-order valence-corrected chi connectivity index (χ4v) is 3.31. The summed E-state index contributed by atoms with van der Waals surface area (Å²) in [5.41, 5.74) is -0.236. The average Bonchev–Trinajstić information content (AvgIpc) is 3.05. The van der Waals surface area contributed by atoms with Crippen LogP contribution in [0.5, 0.6) is 0 Å². The van der Waals surface area contributed by atoms with Crippen LogP contribution in [-0.2, 0) is 24.8 Å². The number of carbonyl (C=O) groups is 2. The van der Waals surface area contributed by atoms with E-state index in [-0.39, 0.29) is 6.54 Å². The van der Waals surface area contributed by atoms with E-state index < -0.39 is 35.5 Å². The van der Waals surface area contributed by atoms with Gasteiger partial charge in [0, 0.05) is 10.6 Å². The van der Waals surface area contributed by atoms with Crippen LogP contribution in [0, 0.1) is 0 Å². The molecule has 1 aromatic rings. The first kappa shape index (κ1) is 23.7. The number of carbonyl (C=O) groups excluding carboxylic acids is 2. The van der Waals surface area contributed by atoms with Crippen molar-refractivity contribution in [2.24, 2.45) is 0 Å². The Morgan fingerprint density at radius 3 is 2.41 bits per heavy atom. The zero-order valence-corrected chi connectivity index (χ0v) is 18.3. The Morgan fingerprint density at radius 2 is 1.90 bits per heavy atom. The van der Waals surface area contributed by atoms with Gasteiger partial charge >= 0.3 is 6.09 Å². The molecule has 2 unspecified atom stereocenters. The van der Waals surface area contributed by atoms with Crippen molar-refractivity contribution >= 4 is 35.2 Å². The van der Waals surface area contributed by atoms with E-state index in [9.17, 15) is 14.7 Å². The molecule has 1 saturated heterocycles. The van der Waals surface area contributed by atoms with Crippen molar-refractivity contribution in [2.75, 3.05) is 19.8 Å². The zero-order chi connectivity index (χ0) is 21.8. The van der Waals surface area contributed by atoms with E-state index in [4.69, 9.17) is 37.4 Å². The number of hydrogen-bond acceptors (Lipinski definition) is 6. The van der Waals surface area contributed by atoms with Crippen LogP contribution in [-0.4, -0.2) is 54.6 Å². The quantitative estimate of drug-likeness (QED) is 0.617. The molecule has 1 aliphatic heterocycles. The second kappa shape index (κ2) is 9.49. The van der Waals surface area contributed by atoms with Gasteiger partial charge in [0.1, 0.15) is 11.6 Å². The van der Waals surface area contributed by atoms with Crippen molar-refractivity contribution in [3.63, 3.8) is 0 Å². The van der Waals surface area contributed by atoms with Gasteiger partial charge in [0.25, 0.3) is 0 Å². The topological polar surface area (TPSA) is 106 Å². The third-order valence-corrected chi connectivity index (χ3v) is 4.58. The molecule has 2 rings (SSSR count). The molecule has 29 heavy (non-hydrogen) atoms. The minimum atomic E-state index is -1.30. The van der Waals surface area contributed by atoms with E-state index in [1.54, 1.807) is 39.0 Å². The maximum Gasteiger partial charge on any atom is 0.408 e. The first-order valence-corrected chi connectivity index (χ1v) is 9.88. The number of aliphatic hydroxyl groups is 1. The monoisotopic (exact) mass is 448 g/mol. The normalized spacial score (nSPS) is 18.0. The Hall–Kier alpha value is -1.58. The lowest BCUT2D eigenvalue weighted by atomic mass is 10.0. The van der Waals surface area contributed by atoms with Gasteiger partial charge in [0.15, 0.2) is 0 Å². The molecule has 2 atom stereocenters.